The van der Waals surface area contributed by atoms with Gasteiger partial charge in [0.25, 0.3) is 0 Å². The van der Waals surface area contributed by atoms with E-state index in [-0.39, 0.29) is 24.2 Å². The van der Waals surface area contributed by atoms with Gasteiger partial charge < -0.3 is 15.4 Å². The van der Waals surface area contributed by atoms with Crippen molar-refractivity contribution in [3.8, 4) is 0 Å². The normalized spacial score (nSPS) is 12.8. The SMILES string of the molecule is CNCC(C)C(=O)NC(C(=O)OC)c1ccccc1.Cl. The molecular formula is C14H21ClN2O3. The smallest absolute Gasteiger partial charge is 0.333 e. The van der Waals surface area contributed by atoms with Crippen molar-refractivity contribution >= 4 is 24.3 Å². The lowest BCUT2D eigenvalue weighted by Gasteiger charge is -2.19. The molecule has 0 saturated heterocycles. The molecule has 112 valence electrons. The maximum absolute atomic E-state index is 12.0. The van der Waals surface area contributed by atoms with E-state index in [0.29, 0.717) is 12.1 Å². The van der Waals surface area contributed by atoms with Crippen LogP contribution in [0.2, 0.25) is 0 Å². The zero-order valence-electron chi connectivity index (χ0n) is 11.9. The van der Waals surface area contributed by atoms with Gasteiger partial charge >= 0.3 is 5.97 Å². The molecule has 0 aliphatic carbocycles. The molecule has 6 heteroatoms. The molecule has 0 aromatic heterocycles. The van der Waals surface area contributed by atoms with E-state index in [1.54, 1.807) is 26.1 Å². The fraction of sp³-hybridized carbons (Fsp3) is 0.429. The second-order valence-corrected chi connectivity index (χ2v) is 4.33. The highest BCUT2D eigenvalue weighted by Gasteiger charge is 2.25. The quantitative estimate of drug-likeness (QED) is 0.777. The van der Waals surface area contributed by atoms with Gasteiger partial charge in [-0.3, -0.25) is 4.79 Å². The van der Waals surface area contributed by atoms with Crippen molar-refractivity contribution in [2.24, 2.45) is 5.92 Å². The van der Waals surface area contributed by atoms with Gasteiger partial charge in [-0.1, -0.05) is 37.3 Å². The van der Waals surface area contributed by atoms with E-state index in [1.165, 1.54) is 7.11 Å². The van der Waals surface area contributed by atoms with Gasteiger partial charge in [-0.25, -0.2) is 4.79 Å². The third kappa shape index (κ3) is 5.19. The van der Waals surface area contributed by atoms with E-state index < -0.39 is 12.0 Å². The summed E-state index contributed by atoms with van der Waals surface area (Å²) in [7, 11) is 3.08. The van der Waals surface area contributed by atoms with E-state index in [9.17, 15) is 9.59 Å². The fourth-order valence-electron chi connectivity index (χ4n) is 1.73. The Morgan fingerprint density at radius 2 is 1.85 bits per heavy atom. The van der Waals surface area contributed by atoms with Crippen LogP contribution in [-0.4, -0.2) is 32.6 Å². The number of rotatable bonds is 6. The van der Waals surface area contributed by atoms with E-state index in [2.05, 4.69) is 10.6 Å². The Bertz CT molecular complexity index is 426. The summed E-state index contributed by atoms with van der Waals surface area (Å²) in [5.41, 5.74) is 0.708. The minimum Gasteiger partial charge on any atom is -0.467 e. The molecular weight excluding hydrogens is 280 g/mol. The second-order valence-electron chi connectivity index (χ2n) is 4.33. The maximum atomic E-state index is 12.0. The number of benzene rings is 1. The van der Waals surface area contributed by atoms with Crippen LogP contribution in [0, 0.1) is 5.92 Å². The monoisotopic (exact) mass is 300 g/mol. The molecule has 5 nitrogen and oxygen atoms in total. The Morgan fingerprint density at radius 1 is 1.25 bits per heavy atom. The fourth-order valence-corrected chi connectivity index (χ4v) is 1.73. The first-order chi connectivity index (χ1) is 9.10. The van der Waals surface area contributed by atoms with Crippen LogP contribution in [0.3, 0.4) is 0 Å². The van der Waals surface area contributed by atoms with Crippen LogP contribution in [0.4, 0.5) is 0 Å². The molecule has 0 radical (unpaired) electrons. The number of hydrogen-bond acceptors (Lipinski definition) is 4. The summed E-state index contributed by atoms with van der Waals surface area (Å²) < 4.78 is 4.74. The number of hydrogen-bond donors (Lipinski definition) is 2. The van der Waals surface area contributed by atoms with Crippen LogP contribution in [0.5, 0.6) is 0 Å². The Balaban J connectivity index is 0.00000361. The van der Waals surface area contributed by atoms with E-state index in [1.807, 2.05) is 18.2 Å². The third-order valence-electron chi connectivity index (χ3n) is 2.81. The molecule has 0 bridgehead atoms. The van der Waals surface area contributed by atoms with Crippen molar-refractivity contribution in [1.82, 2.24) is 10.6 Å². The lowest BCUT2D eigenvalue weighted by atomic mass is 10.1. The zero-order valence-corrected chi connectivity index (χ0v) is 12.7. The van der Waals surface area contributed by atoms with Gasteiger partial charge in [-0.15, -0.1) is 12.4 Å². The number of esters is 1. The van der Waals surface area contributed by atoms with Crippen molar-refractivity contribution in [3.05, 3.63) is 35.9 Å². The molecule has 0 fully saturated rings. The number of halogens is 1. The Morgan fingerprint density at radius 3 is 2.35 bits per heavy atom. The molecule has 0 aliphatic heterocycles. The molecule has 0 heterocycles. The summed E-state index contributed by atoms with van der Waals surface area (Å²) >= 11 is 0. The Kier molecular flexibility index (Phi) is 8.59. The number of ether oxygens (including phenoxy) is 1. The zero-order chi connectivity index (χ0) is 14.3. The lowest BCUT2D eigenvalue weighted by molar-refractivity contribution is -0.145. The molecule has 1 amide bonds. The Hall–Kier alpha value is -1.59. The highest BCUT2D eigenvalue weighted by molar-refractivity contribution is 5.86. The highest BCUT2D eigenvalue weighted by atomic mass is 35.5. The number of nitrogens with one attached hydrogen (secondary N) is 2. The van der Waals surface area contributed by atoms with Crippen LogP contribution in [0.25, 0.3) is 0 Å². The highest BCUT2D eigenvalue weighted by Crippen LogP contribution is 2.14. The van der Waals surface area contributed by atoms with Crippen LogP contribution < -0.4 is 10.6 Å². The number of amides is 1. The van der Waals surface area contributed by atoms with Gasteiger partial charge in [-0.05, 0) is 12.6 Å². The third-order valence-corrected chi connectivity index (χ3v) is 2.81. The largest absolute Gasteiger partial charge is 0.467 e. The van der Waals surface area contributed by atoms with Crippen LogP contribution >= 0.6 is 12.4 Å². The molecule has 20 heavy (non-hydrogen) atoms. The molecule has 2 atom stereocenters. The maximum Gasteiger partial charge on any atom is 0.333 e. The molecule has 1 aromatic carbocycles. The molecule has 0 saturated carbocycles. The molecule has 2 unspecified atom stereocenters. The van der Waals surface area contributed by atoms with E-state index in [4.69, 9.17) is 4.74 Å². The van der Waals surface area contributed by atoms with Gasteiger partial charge in [0.15, 0.2) is 6.04 Å². The minimum atomic E-state index is -0.766. The number of methoxy groups -OCH3 is 1. The van der Waals surface area contributed by atoms with Gasteiger partial charge in [0.2, 0.25) is 5.91 Å². The van der Waals surface area contributed by atoms with Crippen molar-refractivity contribution in [2.75, 3.05) is 20.7 Å². The predicted molar refractivity (Wildman–Crippen MR) is 79.7 cm³/mol. The first-order valence-electron chi connectivity index (χ1n) is 6.18. The van der Waals surface area contributed by atoms with Crippen LogP contribution in [0.1, 0.15) is 18.5 Å². The number of carbonyl (C=O) groups excluding carboxylic acids is 2. The first-order valence-corrected chi connectivity index (χ1v) is 6.18. The summed E-state index contributed by atoms with van der Waals surface area (Å²) in [4.78, 5) is 23.8. The molecule has 0 spiro atoms. The Labute approximate surface area is 125 Å². The summed E-state index contributed by atoms with van der Waals surface area (Å²) in [5, 5.41) is 5.64. The minimum absolute atomic E-state index is 0. The summed E-state index contributed by atoms with van der Waals surface area (Å²) in [6.07, 6.45) is 0. The van der Waals surface area contributed by atoms with Crippen molar-refractivity contribution in [3.63, 3.8) is 0 Å². The van der Waals surface area contributed by atoms with Gasteiger partial charge in [-0.2, -0.15) is 0 Å². The van der Waals surface area contributed by atoms with E-state index in [0.717, 1.165) is 0 Å². The molecule has 1 aromatic rings. The van der Waals surface area contributed by atoms with Crippen LogP contribution in [-0.2, 0) is 14.3 Å². The standard InChI is InChI=1S/C14H20N2O3.ClH/c1-10(9-15-2)13(17)16-12(14(18)19-3)11-7-5-4-6-8-11;/h4-8,10,12,15H,9H2,1-3H3,(H,16,17);1H. The van der Waals surface area contributed by atoms with Crippen molar-refractivity contribution in [1.29, 1.82) is 0 Å². The lowest BCUT2D eigenvalue weighted by Crippen LogP contribution is -2.40. The molecule has 0 aliphatic rings. The van der Waals surface area contributed by atoms with Gasteiger partial charge in [0, 0.05) is 12.5 Å². The number of carbonyl (C=O) groups is 2. The van der Waals surface area contributed by atoms with Gasteiger partial charge in [0.1, 0.15) is 0 Å². The average molecular weight is 301 g/mol. The molecule has 2 N–H and O–H groups in total. The summed E-state index contributed by atoms with van der Waals surface area (Å²) in [5.74, 6) is -0.884. The summed E-state index contributed by atoms with van der Waals surface area (Å²) in [6, 6.07) is 8.28. The second kappa shape index (κ2) is 9.34. The average Bonchev–Trinajstić information content (AvgIpc) is 2.44. The van der Waals surface area contributed by atoms with Crippen molar-refractivity contribution in [2.45, 2.75) is 13.0 Å². The van der Waals surface area contributed by atoms with E-state index >= 15 is 0 Å². The van der Waals surface area contributed by atoms with Crippen molar-refractivity contribution < 1.29 is 14.3 Å². The molecule has 1 rings (SSSR count). The summed E-state index contributed by atoms with van der Waals surface area (Å²) in [6.45, 7) is 2.35. The predicted octanol–water partition coefficient (Wildman–Crippen LogP) is 1.29. The van der Waals surface area contributed by atoms with Gasteiger partial charge in [0.05, 0.1) is 7.11 Å². The van der Waals surface area contributed by atoms with Crippen LogP contribution in [0.15, 0.2) is 30.3 Å². The first kappa shape index (κ1) is 18.4. The topological polar surface area (TPSA) is 67.4 Å².